The average Bonchev–Trinajstić information content (AvgIpc) is 2.36. The maximum Gasteiger partial charge on any atom is 0.326 e. The minimum absolute atomic E-state index is 0.388. The van der Waals surface area contributed by atoms with E-state index in [1.165, 1.54) is 17.8 Å². The Morgan fingerprint density at radius 3 is 2.79 bits per heavy atom. The second kappa shape index (κ2) is 7.96. The van der Waals surface area contributed by atoms with Gasteiger partial charge in [0.2, 0.25) is 0 Å². The summed E-state index contributed by atoms with van der Waals surface area (Å²) in [5, 5.41) is 12.0. The fraction of sp³-hybridized carbons (Fsp3) is 0.333. The standard InChI is InChI=1S/C12H13ClINO3S/c1-19-5-4-10(12(17)18)15-11(16)8-6-7(13)2-3-9(8)14/h2-3,6,10H,4-5H2,1H3,(H,15,16)(H,17,18)/t10-/m0/s1. The van der Waals surface area contributed by atoms with Gasteiger partial charge in [0.25, 0.3) is 5.91 Å². The number of halogens is 2. The van der Waals surface area contributed by atoms with Crippen LogP contribution in [0.1, 0.15) is 16.8 Å². The van der Waals surface area contributed by atoms with Crippen LogP contribution < -0.4 is 5.32 Å². The molecular formula is C12H13ClINO3S. The van der Waals surface area contributed by atoms with E-state index in [2.05, 4.69) is 5.32 Å². The monoisotopic (exact) mass is 413 g/mol. The van der Waals surface area contributed by atoms with Crippen LogP contribution in [0.15, 0.2) is 18.2 Å². The number of hydrogen-bond acceptors (Lipinski definition) is 3. The molecule has 104 valence electrons. The number of amides is 1. The molecule has 0 heterocycles. The van der Waals surface area contributed by atoms with Gasteiger partial charge in [-0.05, 0) is 59.2 Å². The Labute approximate surface area is 134 Å². The summed E-state index contributed by atoms with van der Waals surface area (Å²) in [7, 11) is 0. The second-order valence-corrected chi connectivity index (χ2v) is 6.35. The molecule has 0 aliphatic carbocycles. The molecule has 1 aromatic rings. The van der Waals surface area contributed by atoms with E-state index in [0.29, 0.717) is 22.8 Å². The minimum atomic E-state index is -1.03. The van der Waals surface area contributed by atoms with Crippen LogP contribution >= 0.6 is 46.0 Å². The van der Waals surface area contributed by atoms with Crippen molar-refractivity contribution >= 4 is 57.8 Å². The predicted octanol–water partition coefficient (Wildman–Crippen LogP) is 2.88. The summed E-state index contributed by atoms with van der Waals surface area (Å²) in [4.78, 5) is 23.1. The van der Waals surface area contributed by atoms with E-state index in [9.17, 15) is 9.59 Å². The van der Waals surface area contributed by atoms with Crippen LogP contribution in [0.2, 0.25) is 5.02 Å². The molecule has 19 heavy (non-hydrogen) atoms. The molecule has 1 amide bonds. The van der Waals surface area contributed by atoms with Crippen molar-refractivity contribution < 1.29 is 14.7 Å². The highest BCUT2D eigenvalue weighted by atomic mass is 127. The average molecular weight is 414 g/mol. The van der Waals surface area contributed by atoms with Crippen LogP contribution in [0.3, 0.4) is 0 Å². The van der Waals surface area contributed by atoms with Gasteiger partial charge in [-0.2, -0.15) is 11.8 Å². The highest BCUT2D eigenvalue weighted by Crippen LogP contribution is 2.18. The van der Waals surface area contributed by atoms with Gasteiger partial charge in [-0.25, -0.2) is 4.79 Å². The number of thioether (sulfide) groups is 1. The van der Waals surface area contributed by atoms with Gasteiger partial charge in [-0.15, -0.1) is 0 Å². The SMILES string of the molecule is CSCC[C@H](NC(=O)c1cc(Cl)ccc1I)C(=O)O. The van der Waals surface area contributed by atoms with E-state index in [-0.39, 0.29) is 0 Å². The molecule has 1 atom stereocenters. The summed E-state index contributed by atoms with van der Waals surface area (Å²) in [6, 6.07) is 4.05. The van der Waals surface area contributed by atoms with Crippen molar-refractivity contribution in [1.29, 1.82) is 0 Å². The zero-order chi connectivity index (χ0) is 14.4. The summed E-state index contributed by atoms with van der Waals surface area (Å²) in [6.45, 7) is 0. The lowest BCUT2D eigenvalue weighted by Crippen LogP contribution is -2.41. The maximum absolute atomic E-state index is 12.1. The van der Waals surface area contributed by atoms with Gasteiger partial charge in [-0.3, -0.25) is 4.79 Å². The number of carboxylic acid groups (broad SMARTS) is 1. The van der Waals surface area contributed by atoms with Gasteiger partial charge in [0.15, 0.2) is 0 Å². The topological polar surface area (TPSA) is 66.4 Å². The van der Waals surface area contributed by atoms with E-state index in [0.717, 1.165) is 3.57 Å². The summed E-state index contributed by atoms with van der Waals surface area (Å²) < 4.78 is 0.730. The number of carbonyl (C=O) groups excluding carboxylic acids is 1. The molecule has 1 rings (SSSR count). The Bertz CT molecular complexity index is 484. The molecule has 0 fully saturated rings. The lowest BCUT2D eigenvalue weighted by molar-refractivity contribution is -0.139. The van der Waals surface area contributed by atoms with Gasteiger partial charge >= 0.3 is 5.97 Å². The van der Waals surface area contributed by atoms with E-state index >= 15 is 0 Å². The van der Waals surface area contributed by atoms with E-state index in [1.54, 1.807) is 12.1 Å². The lowest BCUT2D eigenvalue weighted by atomic mass is 10.1. The molecule has 2 N–H and O–H groups in total. The van der Waals surface area contributed by atoms with Gasteiger partial charge < -0.3 is 10.4 Å². The molecule has 0 aromatic heterocycles. The largest absolute Gasteiger partial charge is 0.480 e. The predicted molar refractivity (Wildman–Crippen MR) is 86.1 cm³/mol. The Kier molecular flexibility index (Phi) is 6.95. The van der Waals surface area contributed by atoms with Crippen molar-refractivity contribution in [3.63, 3.8) is 0 Å². The first-order valence-corrected chi connectivity index (χ1v) is 8.28. The first-order chi connectivity index (χ1) is 8.95. The van der Waals surface area contributed by atoms with Gasteiger partial charge in [0.05, 0.1) is 5.56 Å². The zero-order valence-corrected chi connectivity index (χ0v) is 13.9. The Hall–Kier alpha value is -0.470. The summed E-state index contributed by atoms with van der Waals surface area (Å²) in [5.74, 6) is -0.774. The molecule has 0 bridgehead atoms. The Balaban J connectivity index is 2.81. The summed E-state index contributed by atoms with van der Waals surface area (Å²) in [5.41, 5.74) is 0.392. The van der Waals surface area contributed by atoms with Gasteiger partial charge in [-0.1, -0.05) is 11.6 Å². The van der Waals surface area contributed by atoms with Crippen molar-refractivity contribution in [3.05, 3.63) is 32.4 Å². The molecule has 1 aromatic carbocycles. The maximum atomic E-state index is 12.1. The number of benzene rings is 1. The molecular weight excluding hydrogens is 401 g/mol. The smallest absolute Gasteiger partial charge is 0.326 e. The highest BCUT2D eigenvalue weighted by Gasteiger charge is 2.21. The van der Waals surface area contributed by atoms with E-state index < -0.39 is 17.9 Å². The third-order valence-electron chi connectivity index (χ3n) is 2.39. The normalized spacial score (nSPS) is 11.9. The molecule has 0 aliphatic rings. The molecule has 0 spiro atoms. The number of hydrogen-bond donors (Lipinski definition) is 2. The van der Waals surface area contributed by atoms with Crippen molar-refractivity contribution in [2.45, 2.75) is 12.5 Å². The minimum Gasteiger partial charge on any atom is -0.480 e. The lowest BCUT2D eigenvalue weighted by Gasteiger charge is -2.14. The van der Waals surface area contributed by atoms with Crippen molar-refractivity contribution in [1.82, 2.24) is 5.32 Å². The van der Waals surface area contributed by atoms with Crippen LogP contribution in [0, 0.1) is 3.57 Å². The van der Waals surface area contributed by atoms with Crippen molar-refractivity contribution in [2.24, 2.45) is 0 Å². The quantitative estimate of drug-likeness (QED) is 0.704. The van der Waals surface area contributed by atoms with Crippen molar-refractivity contribution in [3.8, 4) is 0 Å². The zero-order valence-electron chi connectivity index (χ0n) is 10.2. The van der Waals surface area contributed by atoms with Crippen molar-refractivity contribution in [2.75, 3.05) is 12.0 Å². The van der Waals surface area contributed by atoms with Crippen LogP contribution in [0.25, 0.3) is 0 Å². The fourth-order valence-electron chi connectivity index (χ4n) is 1.40. The first kappa shape index (κ1) is 16.6. The number of rotatable bonds is 6. The molecule has 0 saturated carbocycles. The molecule has 0 radical (unpaired) electrons. The Morgan fingerprint density at radius 2 is 2.21 bits per heavy atom. The Morgan fingerprint density at radius 1 is 1.53 bits per heavy atom. The van der Waals surface area contributed by atoms with E-state index in [1.807, 2.05) is 28.8 Å². The number of aliphatic carboxylic acids is 1. The highest BCUT2D eigenvalue weighted by molar-refractivity contribution is 14.1. The molecule has 0 unspecified atom stereocenters. The third kappa shape index (κ3) is 5.19. The number of carbonyl (C=O) groups is 2. The van der Waals surface area contributed by atoms with Crippen LogP contribution in [0.4, 0.5) is 0 Å². The van der Waals surface area contributed by atoms with Crippen LogP contribution in [-0.2, 0) is 4.79 Å². The fourth-order valence-corrected chi connectivity index (χ4v) is 2.62. The molecule has 4 nitrogen and oxygen atoms in total. The van der Waals surface area contributed by atoms with Crippen LogP contribution in [-0.4, -0.2) is 35.0 Å². The van der Waals surface area contributed by atoms with Crippen LogP contribution in [0.5, 0.6) is 0 Å². The first-order valence-electron chi connectivity index (χ1n) is 5.43. The number of carboxylic acids is 1. The summed E-state index contributed by atoms with van der Waals surface area (Å²) >= 11 is 9.39. The third-order valence-corrected chi connectivity index (χ3v) is 4.21. The molecule has 0 aliphatic heterocycles. The van der Waals surface area contributed by atoms with Gasteiger partial charge in [0.1, 0.15) is 6.04 Å². The second-order valence-electron chi connectivity index (χ2n) is 3.77. The summed E-state index contributed by atoms with van der Waals surface area (Å²) in [6.07, 6.45) is 2.28. The molecule has 0 saturated heterocycles. The number of nitrogens with one attached hydrogen (secondary N) is 1. The van der Waals surface area contributed by atoms with E-state index in [4.69, 9.17) is 16.7 Å². The van der Waals surface area contributed by atoms with Gasteiger partial charge in [0, 0.05) is 8.59 Å². The molecule has 7 heteroatoms.